The van der Waals surface area contributed by atoms with Gasteiger partial charge in [-0.2, -0.15) is 0 Å². The maximum atomic E-state index is 11.9. The van der Waals surface area contributed by atoms with Crippen LogP contribution in [-0.4, -0.2) is 61.0 Å². The average Bonchev–Trinajstić information content (AvgIpc) is 2.64. The van der Waals surface area contributed by atoms with Crippen LogP contribution in [-0.2, 0) is 14.3 Å². The third kappa shape index (κ3) is 6.38. The molecule has 2 amide bonds. The number of morpholine rings is 1. The van der Waals surface area contributed by atoms with Crippen LogP contribution in [0.15, 0.2) is 24.3 Å². The van der Waals surface area contributed by atoms with Gasteiger partial charge in [-0.3, -0.25) is 19.7 Å². The van der Waals surface area contributed by atoms with E-state index in [1.54, 1.807) is 17.0 Å². The Balaban J connectivity index is 1.58. The Bertz CT molecular complexity index is 599. The predicted molar refractivity (Wildman–Crippen MR) is 91.2 cm³/mol. The van der Waals surface area contributed by atoms with E-state index in [2.05, 4.69) is 10.6 Å². The molecule has 0 atom stereocenters. The number of non-ortho nitro benzene ring substituents is 1. The number of ether oxygens (including phenoxy) is 1. The van der Waals surface area contributed by atoms with Crippen molar-refractivity contribution >= 4 is 23.2 Å². The maximum absolute atomic E-state index is 11.9. The van der Waals surface area contributed by atoms with Gasteiger partial charge in [0, 0.05) is 56.8 Å². The van der Waals surface area contributed by atoms with Crippen LogP contribution in [0.1, 0.15) is 12.8 Å². The molecule has 1 aliphatic rings. The SMILES string of the molecule is O=C(CCC(=O)N1CCOCC1)NCCNc1ccc([N+](=O)[O-])cc1. The first-order chi connectivity index (χ1) is 12.1. The minimum Gasteiger partial charge on any atom is -0.383 e. The molecule has 1 heterocycles. The lowest BCUT2D eigenvalue weighted by atomic mass is 10.2. The molecule has 2 rings (SSSR count). The second kappa shape index (κ2) is 9.58. The van der Waals surface area contributed by atoms with Gasteiger partial charge in [-0.1, -0.05) is 0 Å². The van der Waals surface area contributed by atoms with Gasteiger partial charge in [-0.05, 0) is 12.1 Å². The smallest absolute Gasteiger partial charge is 0.269 e. The molecule has 1 fully saturated rings. The highest BCUT2D eigenvalue weighted by molar-refractivity contribution is 5.83. The molecule has 25 heavy (non-hydrogen) atoms. The predicted octanol–water partition coefficient (Wildman–Crippen LogP) is 0.762. The van der Waals surface area contributed by atoms with E-state index in [9.17, 15) is 19.7 Å². The minimum absolute atomic E-state index is 0.0255. The number of hydrogen-bond acceptors (Lipinski definition) is 6. The maximum Gasteiger partial charge on any atom is 0.269 e. The van der Waals surface area contributed by atoms with Gasteiger partial charge >= 0.3 is 0 Å². The van der Waals surface area contributed by atoms with E-state index in [-0.39, 0.29) is 30.3 Å². The number of carbonyl (C=O) groups is 2. The van der Waals surface area contributed by atoms with Crippen molar-refractivity contribution in [3.63, 3.8) is 0 Å². The van der Waals surface area contributed by atoms with E-state index in [1.165, 1.54) is 12.1 Å². The Morgan fingerprint density at radius 2 is 1.80 bits per heavy atom. The number of rotatable bonds is 8. The van der Waals surface area contributed by atoms with Gasteiger partial charge in [0.1, 0.15) is 0 Å². The second-order valence-electron chi connectivity index (χ2n) is 5.57. The van der Waals surface area contributed by atoms with Gasteiger partial charge in [0.25, 0.3) is 5.69 Å². The summed E-state index contributed by atoms with van der Waals surface area (Å²) in [6.45, 7) is 3.15. The number of benzene rings is 1. The van der Waals surface area contributed by atoms with Gasteiger partial charge in [0.05, 0.1) is 18.1 Å². The molecule has 0 saturated carbocycles. The quantitative estimate of drug-likeness (QED) is 0.406. The molecule has 1 saturated heterocycles. The summed E-state index contributed by atoms with van der Waals surface area (Å²) in [5.74, 6) is -0.199. The molecule has 0 aromatic heterocycles. The number of nitrogens with one attached hydrogen (secondary N) is 2. The number of anilines is 1. The van der Waals surface area contributed by atoms with Crippen molar-refractivity contribution in [3.05, 3.63) is 34.4 Å². The van der Waals surface area contributed by atoms with E-state index in [4.69, 9.17) is 4.74 Å². The molecular formula is C16H22N4O5. The minimum atomic E-state index is -0.456. The van der Waals surface area contributed by atoms with Crippen LogP contribution in [0.3, 0.4) is 0 Å². The normalized spacial score (nSPS) is 14.0. The molecule has 9 nitrogen and oxygen atoms in total. The fraction of sp³-hybridized carbons (Fsp3) is 0.500. The monoisotopic (exact) mass is 350 g/mol. The molecule has 9 heteroatoms. The molecular weight excluding hydrogens is 328 g/mol. The number of nitro benzene ring substituents is 1. The third-order valence-electron chi connectivity index (χ3n) is 3.78. The van der Waals surface area contributed by atoms with Gasteiger partial charge in [0.2, 0.25) is 11.8 Å². The fourth-order valence-corrected chi connectivity index (χ4v) is 2.39. The Labute approximate surface area is 145 Å². The standard InChI is InChI=1S/C16H22N4O5/c21-15(5-6-16(22)19-9-11-25-12-10-19)18-8-7-17-13-1-3-14(4-2-13)20(23)24/h1-4,17H,5-12H2,(H,18,21). The van der Waals surface area contributed by atoms with Crippen molar-refractivity contribution in [1.82, 2.24) is 10.2 Å². The highest BCUT2D eigenvalue weighted by Crippen LogP contribution is 2.14. The highest BCUT2D eigenvalue weighted by atomic mass is 16.6. The first-order valence-electron chi connectivity index (χ1n) is 8.17. The van der Waals surface area contributed by atoms with Crippen LogP contribution >= 0.6 is 0 Å². The van der Waals surface area contributed by atoms with Gasteiger partial charge in [-0.25, -0.2) is 0 Å². The Kier molecular flexibility index (Phi) is 7.15. The summed E-state index contributed by atoms with van der Waals surface area (Å²) < 4.78 is 5.18. The van der Waals surface area contributed by atoms with Gasteiger partial charge in [-0.15, -0.1) is 0 Å². The number of amides is 2. The van der Waals surface area contributed by atoms with Crippen LogP contribution in [0.4, 0.5) is 11.4 Å². The van der Waals surface area contributed by atoms with Crippen LogP contribution < -0.4 is 10.6 Å². The van der Waals surface area contributed by atoms with E-state index < -0.39 is 4.92 Å². The Hall–Kier alpha value is -2.68. The zero-order chi connectivity index (χ0) is 18.1. The van der Waals surface area contributed by atoms with E-state index in [0.29, 0.717) is 39.4 Å². The lowest BCUT2D eigenvalue weighted by Crippen LogP contribution is -2.41. The first kappa shape index (κ1) is 18.7. The van der Waals surface area contributed by atoms with Gasteiger partial charge in [0.15, 0.2) is 0 Å². The lowest BCUT2D eigenvalue weighted by Gasteiger charge is -2.26. The summed E-state index contributed by atoms with van der Waals surface area (Å²) in [7, 11) is 0. The molecule has 0 spiro atoms. The van der Waals surface area contributed by atoms with E-state index in [1.807, 2.05) is 0 Å². The Morgan fingerprint density at radius 3 is 2.44 bits per heavy atom. The largest absolute Gasteiger partial charge is 0.383 e. The summed E-state index contributed by atoms with van der Waals surface area (Å²) in [5, 5.41) is 16.4. The van der Waals surface area contributed by atoms with Crippen molar-refractivity contribution in [3.8, 4) is 0 Å². The van der Waals surface area contributed by atoms with E-state index >= 15 is 0 Å². The zero-order valence-electron chi connectivity index (χ0n) is 13.9. The van der Waals surface area contributed by atoms with Crippen LogP contribution in [0.25, 0.3) is 0 Å². The Morgan fingerprint density at radius 1 is 1.12 bits per heavy atom. The van der Waals surface area contributed by atoms with Crippen LogP contribution in [0.2, 0.25) is 0 Å². The molecule has 1 aliphatic heterocycles. The molecule has 136 valence electrons. The zero-order valence-corrected chi connectivity index (χ0v) is 13.9. The van der Waals surface area contributed by atoms with E-state index in [0.717, 1.165) is 5.69 Å². The summed E-state index contributed by atoms with van der Waals surface area (Å²) in [4.78, 5) is 35.5. The molecule has 0 radical (unpaired) electrons. The number of nitro groups is 1. The summed E-state index contributed by atoms with van der Waals surface area (Å²) >= 11 is 0. The lowest BCUT2D eigenvalue weighted by molar-refractivity contribution is -0.384. The van der Waals surface area contributed by atoms with Crippen molar-refractivity contribution < 1.29 is 19.2 Å². The summed E-state index contributed by atoms with van der Waals surface area (Å²) in [5.41, 5.74) is 0.770. The third-order valence-corrected chi connectivity index (χ3v) is 3.78. The fourth-order valence-electron chi connectivity index (χ4n) is 2.39. The molecule has 1 aromatic carbocycles. The first-order valence-corrected chi connectivity index (χ1v) is 8.17. The van der Waals surface area contributed by atoms with Crippen LogP contribution in [0, 0.1) is 10.1 Å². The highest BCUT2D eigenvalue weighted by Gasteiger charge is 2.17. The molecule has 0 unspecified atom stereocenters. The van der Waals surface area contributed by atoms with Crippen molar-refractivity contribution in [1.29, 1.82) is 0 Å². The van der Waals surface area contributed by atoms with Crippen molar-refractivity contribution in [2.24, 2.45) is 0 Å². The number of hydrogen-bond donors (Lipinski definition) is 2. The van der Waals surface area contributed by atoms with Crippen molar-refractivity contribution in [2.75, 3.05) is 44.7 Å². The topological polar surface area (TPSA) is 114 Å². The molecule has 2 N–H and O–H groups in total. The molecule has 0 bridgehead atoms. The number of carbonyl (C=O) groups excluding carboxylic acids is 2. The summed E-state index contributed by atoms with van der Waals surface area (Å²) in [6.07, 6.45) is 0.356. The molecule has 0 aliphatic carbocycles. The molecule has 1 aromatic rings. The summed E-state index contributed by atoms with van der Waals surface area (Å²) in [6, 6.07) is 6.05. The second-order valence-corrected chi connectivity index (χ2v) is 5.57. The number of nitrogens with zero attached hydrogens (tertiary/aromatic N) is 2. The van der Waals surface area contributed by atoms with Crippen LogP contribution in [0.5, 0.6) is 0 Å². The van der Waals surface area contributed by atoms with Crippen molar-refractivity contribution in [2.45, 2.75) is 12.8 Å². The van der Waals surface area contributed by atoms with Gasteiger partial charge < -0.3 is 20.3 Å². The average molecular weight is 350 g/mol.